The Balaban J connectivity index is 1.34. The van der Waals surface area contributed by atoms with Crippen LogP contribution in [0.4, 0.5) is 0 Å². The molecular formula is C43H26N2S2. The maximum atomic E-state index is 5.33. The van der Waals surface area contributed by atoms with Gasteiger partial charge in [0.1, 0.15) is 0 Å². The summed E-state index contributed by atoms with van der Waals surface area (Å²) in [6.45, 7) is 0. The van der Waals surface area contributed by atoms with Gasteiger partial charge in [-0.3, -0.25) is 0 Å². The minimum Gasteiger partial charge on any atom is -0.228 e. The summed E-state index contributed by atoms with van der Waals surface area (Å²) in [4.78, 5) is 13.0. The molecule has 1 aliphatic heterocycles. The number of aromatic nitrogens is 2. The van der Waals surface area contributed by atoms with E-state index >= 15 is 0 Å². The second kappa shape index (κ2) is 10.4. The van der Waals surface area contributed by atoms with Crippen LogP contribution in [0.1, 0.15) is 22.3 Å². The molecule has 4 heteroatoms. The van der Waals surface area contributed by atoms with Crippen LogP contribution in [0, 0.1) is 0 Å². The molecule has 0 amide bonds. The molecule has 47 heavy (non-hydrogen) atoms. The predicted octanol–water partition coefficient (Wildman–Crippen LogP) is 11.5. The van der Waals surface area contributed by atoms with Gasteiger partial charge >= 0.3 is 0 Å². The molecule has 10 rings (SSSR count). The Bertz CT molecular complexity index is 2400. The molecule has 0 unspecified atom stereocenters. The SMILES string of the molecule is c1ccc(-c2cc(-c3cccc4c3-c3c(ccc5sccc35)C43c4ccccc4Sc4ccccc43)nc(-c3ccccc3)n2)cc1. The van der Waals surface area contributed by atoms with Gasteiger partial charge in [-0.25, -0.2) is 9.97 Å². The summed E-state index contributed by atoms with van der Waals surface area (Å²) in [5.74, 6) is 0.728. The molecule has 2 nitrogen and oxygen atoms in total. The van der Waals surface area contributed by atoms with Gasteiger partial charge in [-0.05, 0) is 69.1 Å². The third-order valence-electron chi connectivity index (χ3n) is 9.66. The van der Waals surface area contributed by atoms with Crippen molar-refractivity contribution in [3.8, 4) is 45.0 Å². The van der Waals surface area contributed by atoms with E-state index in [2.05, 4.69) is 151 Å². The van der Waals surface area contributed by atoms with Crippen LogP contribution >= 0.6 is 23.1 Å². The monoisotopic (exact) mass is 634 g/mol. The number of fused-ring (bicyclic) bond motifs is 11. The number of nitrogens with zero attached hydrogens (tertiary/aromatic N) is 2. The van der Waals surface area contributed by atoms with E-state index in [9.17, 15) is 0 Å². The van der Waals surface area contributed by atoms with Gasteiger partial charge in [0.15, 0.2) is 5.82 Å². The van der Waals surface area contributed by atoms with E-state index in [4.69, 9.17) is 9.97 Å². The second-order valence-electron chi connectivity index (χ2n) is 12.1. The topological polar surface area (TPSA) is 25.8 Å². The average Bonchev–Trinajstić information content (AvgIpc) is 3.74. The van der Waals surface area contributed by atoms with Crippen LogP contribution in [0.3, 0.4) is 0 Å². The second-order valence-corrected chi connectivity index (χ2v) is 14.1. The van der Waals surface area contributed by atoms with Gasteiger partial charge in [0.2, 0.25) is 0 Å². The van der Waals surface area contributed by atoms with Gasteiger partial charge in [-0.15, -0.1) is 11.3 Å². The standard InChI is InChI=1S/C43H26N2S2/c1-3-12-27(13-4-1)35-26-36(45-42(44-35)28-14-5-2-6-15-28)29-16-11-19-33-40(29)41-30-24-25-46-37(30)23-22-34(41)43(33)31-17-7-9-20-38(31)47-39-21-10-8-18-32(39)43/h1-26H. The minimum atomic E-state index is -0.452. The molecular weight excluding hydrogens is 609 g/mol. The Morgan fingerprint density at radius 2 is 1.09 bits per heavy atom. The van der Waals surface area contributed by atoms with Crippen molar-refractivity contribution in [1.29, 1.82) is 0 Å². The Labute approximate surface area is 281 Å². The molecule has 2 aromatic heterocycles. The zero-order chi connectivity index (χ0) is 31.0. The molecule has 1 aliphatic carbocycles. The van der Waals surface area contributed by atoms with Crippen molar-refractivity contribution in [2.75, 3.05) is 0 Å². The van der Waals surface area contributed by atoms with Crippen molar-refractivity contribution in [1.82, 2.24) is 9.97 Å². The van der Waals surface area contributed by atoms with E-state index in [1.54, 1.807) is 11.3 Å². The summed E-state index contributed by atoms with van der Waals surface area (Å²) in [5, 5.41) is 3.52. The maximum absolute atomic E-state index is 5.33. The molecule has 2 aliphatic rings. The molecule has 1 spiro atoms. The van der Waals surface area contributed by atoms with E-state index in [-0.39, 0.29) is 0 Å². The van der Waals surface area contributed by atoms with Crippen molar-refractivity contribution < 1.29 is 0 Å². The Hall–Kier alpha value is -5.29. The number of benzene rings is 6. The summed E-state index contributed by atoms with van der Waals surface area (Å²) in [6.07, 6.45) is 0. The Morgan fingerprint density at radius 3 is 1.83 bits per heavy atom. The number of rotatable bonds is 3. The molecule has 0 fully saturated rings. The van der Waals surface area contributed by atoms with Gasteiger partial charge in [0.25, 0.3) is 0 Å². The van der Waals surface area contributed by atoms with Crippen LogP contribution in [0.5, 0.6) is 0 Å². The first-order valence-electron chi connectivity index (χ1n) is 15.8. The highest BCUT2D eigenvalue weighted by molar-refractivity contribution is 7.99. The van der Waals surface area contributed by atoms with Crippen LogP contribution in [-0.2, 0) is 5.41 Å². The Kier molecular flexibility index (Phi) is 5.93. The molecule has 0 N–H and O–H groups in total. The molecule has 6 aromatic carbocycles. The minimum absolute atomic E-state index is 0.452. The fourth-order valence-electron chi connectivity index (χ4n) is 7.75. The fraction of sp³-hybridized carbons (Fsp3) is 0.0233. The molecule has 0 saturated carbocycles. The first-order valence-corrected chi connectivity index (χ1v) is 17.5. The highest BCUT2D eigenvalue weighted by Crippen LogP contribution is 2.64. The van der Waals surface area contributed by atoms with Crippen molar-refractivity contribution in [3.05, 3.63) is 179 Å². The summed E-state index contributed by atoms with van der Waals surface area (Å²) in [7, 11) is 0. The lowest BCUT2D eigenvalue weighted by molar-refractivity contribution is 0.723. The van der Waals surface area contributed by atoms with Crippen LogP contribution < -0.4 is 0 Å². The molecule has 0 bridgehead atoms. The molecule has 0 atom stereocenters. The first kappa shape index (κ1) is 26.9. The molecule has 220 valence electrons. The summed E-state index contributed by atoms with van der Waals surface area (Å²) < 4.78 is 1.30. The summed E-state index contributed by atoms with van der Waals surface area (Å²) >= 11 is 3.68. The van der Waals surface area contributed by atoms with Crippen LogP contribution in [0.2, 0.25) is 0 Å². The maximum Gasteiger partial charge on any atom is 0.160 e. The van der Waals surface area contributed by atoms with Crippen LogP contribution in [-0.4, -0.2) is 9.97 Å². The van der Waals surface area contributed by atoms with E-state index in [1.165, 1.54) is 53.3 Å². The summed E-state index contributed by atoms with van der Waals surface area (Å²) in [5.41, 5.74) is 12.5. The number of hydrogen-bond acceptors (Lipinski definition) is 4. The summed E-state index contributed by atoms with van der Waals surface area (Å²) in [6, 6.07) is 54.8. The Morgan fingerprint density at radius 1 is 0.468 bits per heavy atom. The van der Waals surface area contributed by atoms with Crippen LogP contribution in [0.15, 0.2) is 167 Å². The van der Waals surface area contributed by atoms with E-state index in [1.807, 2.05) is 17.8 Å². The van der Waals surface area contributed by atoms with Gasteiger partial charge in [0, 0.05) is 36.6 Å². The number of hydrogen-bond donors (Lipinski definition) is 0. The quantitative estimate of drug-likeness (QED) is 0.193. The van der Waals surface area contributed by atoms with Crippen molar-refractivity contribution in [3.63, 3.8) is 0 Å². The highest BCUT2D eigenvalue weighted by Gasteiger charge is 2.51. The third kappa shape index (κ3) is 3.86. The van der Waals surface area contributed by atoms with E-state index in [0.717, 1.165) is 33.9 Å². The van der Waals surface area contributed by atoms with Gasteiger partial charge in [0.05, 0.1) is 16.8 Å². The van der Waals surface area contributed by atoms with Crippen molar-refractivity contribution in [2.24, 2.45) is 0 Å². The molecule has 8 aromatic rings. The third-order valence-corrected chi connectivity index (χ3v) is 11.7. The van der Waals surface area contributed by atoms with Crippen molar-refractivity contribution >= 4 is 33.2 Å². The highest BCUT2D eigenvalue weighted by atomic mass is 32.2. The van der Waals surface area contributed by atoms with Crippen LogP contribution in [0.25, 0.3) is 55.1 Å². The lowest BCUT2D eigenvalue weighted by atomic mass is 9.67. The largest absolute Gasteiger partial charge is 0.228 e. The number of thiophene rings is 1. The predicted molar refractivity (Wildman–Crippen MR) is 195 cm³/mol. The zero-order valence-corrected chi connectivity index (χ0v) is 26.9. The van der Waals surface area contributed by atoms with Gasteiger partial charge < -0.3 is 0 Å². The smallest absolute Gasteiger partial charge is 0.160 e. The van der Waals surface area contributed by atoms with E-state index < -0.39 is 5.41 Å². The lowest BCUT2D eigenvalue weighted by Gasteiger charge is -2.39. The normalized spacial score (nSPS) is 13.6. The zero-order valence-electron chi connectivity index (χ0n) is 25.2. The van der Waals surface area contributed by atoms with Gasteiger partial charge in [-0.2, -0.15) is 0 Å². The average molecular weight is 635 g/mol. The van der Waals surface area contributed by atoms with E-state index in [0.29, 0.717) is 0 Å². The fourth-order valence-corrected chi connectivity index (χ4v) is 9.74. The van der Waals surface area contributed by atoms with Crippen molar-refractivity contribution in [2.45, 2.75) is 15.2 Å². The van der Waals surface area contributed by atoms with Gasteiger partial charge in [-0.1, -0.05) is 133 Å². The molecule has 3 heterocycles. The lowest BCUT2D eigenvalue weighted by Crippen LogP contribution is -2.31. The molecule has 0 radical (unpaired) electrons. The first-order chi connectivity index (χ1) is 23.3. The molecule has 0 saturated heterocycles.